The second kappa shape index (κ2) is 6.58. The number of carbonyl (C=O) groups is 1. The molecule has 0 spiro atoms. The first-order valence-electron chi connectivity index (χ1n) is 6.37. The maximum absolute atomic E-state index is 12.3. The quantitative estimate of drug-likeness (QED) is 0.747. The molecule has 1 aromatic rings. The van der Waals surface area contributed by atoms with E-state index in [-0.39, 0.29) is 5.91 Å². The van der Waals surface area contributed by atoms with Crippen LogP contribution < -0.4 is 0 Å². The van der Waals surface area contributed by atoms with Crippen LogP contribution in [0.15, 0.2) is 28.7 Å². The largest absolute Gasteiger partial charge is 0.341 e. The molecule has 1 heterocycles. The lowest BCUT2D eigenvalue weighted by atomic mass is 10.1. The van der Waals surface area contributed by atoms with E-state index in [9.17, 15) is 4.79 Å². The molecule has 1 fully saturated rings. The van der Waals surface area contributed by atoms with E-state index in [4.69, 9.17) is 11.6 Å². The Morgan fingerprint density at radius 1 is 1.11 bits per heavy atom. The number of nitrogens with zero attached hydrogens (tertiary/aromatic N) is 1. The minimum absolute atomic E-state index is 0.0425. The molecule has 0 saturated carbocycles. The van der Waals surface area contributed by atoms with Crippen LogP contribution in [-0.2, 0) is 4.79 Å². The Bertz CT molecular complexity index is 399. The zero-order chi connectivity index (χ0) is 13.0. The zero-order valence-corrected chi connectivity index (χ0v) is 12.6. The highest BCUT2D eigenvalue weighted by molar-refractivity contribution is 9.10. The normalized spacial score (nSPS) is 18.2. The number of rotatable bonds is 2. The Kier molecular flexibility index (Phi) is 5.07. The van der Waals surface area contributed by atoms with Gasteiger partial charge in [0.05, 0.1) is 0 Å². The molecule has 1 atom stereocenters. The van der Waals surface area contributed by atoms with Crippen LogP contribution >= 0.6 is 27.5 Å². The average Bonchev–Trinajstić information content (AvgIpc) is 2.67. The molecule has 2 nitrogen and oxygen atoms in total. The molecule has 0 bridgehead atoms. The number of likely N-dealkylation sites (tertiary alicyclic amines) is 1. The first kappa shape index (κ1) is 13.9. The second-order valence-electron chi connectivity index (χ2n) is 4.65. The van der Waals surface area contributed by atoms with E-state index in [2.05, 4.69) is 15.9 Å². The van der Waals surface area contributed by atoms with Crippen molar-refractivity contribution in [3.63, 3.8) is 0 Å². The summed E-state index contributed by atoms with van der Waals surface area (Å²) < 4.78 is 0.998. The summed E-state index contributed by atoms with van der Waals surface area (Å²) in [6.07, 6.45) is 4.62. The van der Waals surface area contributed by atoms with Gasteiger partial charge in [-0.15, -0.1) is 11.6 Å². The van der Waals surface area contributed by atoms with E-state index in [1.165, 1.54) is 12.8 Å². The second-order valence-corrected chi connectivity index (χ2v) is 6.01. The van der Waals surface area contributed by atoms with Gasteiger partial charge in [-0.3, -0.25) is 4.79 Å². The molecule has 18 heavy (non-hydrogen) atoms. The minimum Gasteiger partial charge on any atom is -0.341 e. The van der Waals surface area contributed by atoms with Crippen LogP contribution in [0.25, 0.3) is 0 Å². The lowest BCUT2D eigenvalue weighted by Gasteiger charge is -2.23. The first-order valence-corrected chi connectivity index (χ1v) is 7.60. The summed E-state index contributed by atoms with van der Waals surface area (Å²) in [5.74, 6) is 0.0425. The average molecular weight is 331 g/mol. The molecule has 1 aliphatic heterocycles. The van der Waals surface area contributed by atoms with Gasteiger partial charge in [-0.05, 0) is 30.5 Å². The van der Waals surface area contributed by atoms with Crippen molar-refractivity contribution in [1.82, 2.24) is 4.90 Å². The highest BCUT2D eigenvalue weighted by atomic mass is 79.9. The number of hydrogen-bond acceptors (Lipinski definition) is 1. The van der Waals surface area contributed by atoms with Gasteiger partial charge in [-0.1, -0.05) is 40.9 Å². The van der Waals surface area contributed by atoms with Crippen LogP contribution in [0.2, 0.25) is 0 Å². The monoisotopic (exact) mass is 329 g/mol. The van der Waals surface area contributed by atoms with Crippen LogP contribution in [0.3, 0.4) is 0 Å². The smallest absolute Gasteiger partial charge is 0.245 e. The topological polar surface area (TPSA) is 20.3 Å². The van der Waals surface area contributed by atoms with Crippen molar-refractivity contribution in [1.29, 1.82) is 0 Å². The van der Waals surface area contributed by atoms with Crippen molar-refractivity contribution in [2.45, 2.75) is 31.1 Å². The molecule has 0 aromatic heterocycles. The fourth-order valence-corrected chi connectivity index (χ4v) is 2.77. The SMILES string of the molecule is O=C(C(Cl)c1ccc(Br)cc1)N1CCCCCC1. The predicted molar refractivity (Wildman–Crippen MR) is 77.8 cm³/mol. The molecule has 98 valence electrons. The fourth-order valence-electron chi connectivity index (χ4n) is 2.23. The van der Waals surface area contributed by atoms with Crippen LogP contribution in [0.5, 0.6) is 0 Å². The van der Waals surface area contributed by atoms with Crippen LogP contribution in [0.4, 0.5) is 0 Å². The lowest BCUT2D eigenvalue weighted by molar-refractivity contribution is -0.130. The van der Waals surface area contributed by atoms with E-state index in [1.54, 1.807) is 0 Å². The lowest BCUT2D eigenvalue weighted by Crippen LogP contribution is -2.34. The van der Waals surface area contributed by atoms with Gasteiger partial charge in [-0.25, -0.2) is 0 Å². The summed E-state index contributed by atoms with van der Waals surface area (Å²) in [6.45, 7) is 1.69. The van der Waals surface area contributed by atoms with E-state index in [0.29, 0.717) is 0 Å². The van der Waals surface area contributed by atoms with Gasteiger partial charge < -0.3 is 4.90 Å². The summed E-state index contributed by atoms with van der Waals surface area (Å²) in [4.78, 5) is 14.2. The van der Waals surface area contributed by atoms with Crippen molar-refractivity contribution in [3.8, 4) is 0 Å². The predicted octanol–water partition coefficient (Wildman–Crippen LogP) is 4.13. The van der Waals surface area contributed by atoms with Gasteiger partial charge in [0.1, 0.15) is 5.38 Å². The van der Waals surface area contributed by atoms with Gasteiger partial charge in [0, 0.05) is 17.6 Å². The van der Waals surface area contributed by atoms with Crippen molar-refractivity contribution in [3.05, 3.63) is 34.3 Å². The summed E-state index contributed by atoms with van der Waals surface area (Å²) in [5.41, 5.74) is 0.870. The maximum atomic E-state index is 12.3. The number of hydrogen-bond donors (Lipinski definition) is 0. The molecule has 0 N–H and O–H groups in total. The number of alkyl halides is 1. The molecule has 0 radical (unpaired) electrons. The van der Waals surface area contributed by atoms with E-state index >= 15 is 0 Å². The summed E-state index contributed by atoms with van der Waals surface area (Å²) >= 11 is 9.67. The van der Waals surface area contributed by atoms with E-state index in [0.717, 1.165) is 36.0 Å². The summed E-state index contributed by atoms with van der Waals surface area (Å²) in [7, 11) is 0. The van der Waals surface area contributed by atoms with Crippen LogP contribution in [0.1, 0.15) is 36.6 Å². The molecule has 0 aliphatic carbocycles. The van der Waals surface area contributed by atoms with Crippen molar-refractivity contribution in [2.75, 3.05) is 13.1 Å². The number of benzene rings is 1. The minimum atomic E-state index is -0.559. The third-order valence-corrected chi connectivity index (χ3v) is 4.26. The Morgan fingerprint density at radius 3 is 2.22 bits per heavy atom. The number of carbonyl (C=O) groups excluding carboxylic acids is 1. The van der Waals surface area contributed by atoms with Gasteiger partial charge in [0.15, 0.2) is 0 Å². The zero-order valence-electron chi connectivity index (χ0n) is 10.2. The highest BCUT2D eigenvalue weighted by Gasteiger charge is 2.24. The fraction of sp³-hybridized carbons (Fsp3) is 0.500. The third kappa shape index (κ3) is 3.48. The Labute approximate surface area is 121 Å². The summed E-state index contributed by atoms with van der Waals surface area (Å²) in [6, 6.07) is 7.63. The van der Waals surface area contributed by atoms with Crippen molar-refractivity contribution < 1.29 is 4.79 Å². The van der Waals surface area contributed by atoms with Gasteiger partial charge in [0.2, 0.25) is 5.91 Å². The van der Waals surface area contributed by atoms with Crippen LogP contribution in [-0.4, -0.2) is 23.9 Å². The van der Waals surface area contributed by atoms with Gasteiger partial charge in [-0.2, -0.15) is 0 Å². The Balaban J connectivity index is 2.05. The van der Waals surface area contributed by atoms with Crippen LogP contribution in [0, 0.1) is 0 Å². The van der Waals surface area contributed by atoms with Crippen molar-refractivity contribution in [2.24, 2.45) is 0 Å². The molecule has 1 aromatic carbocycles. The standard InChI is InChI=1S/C14H17BrClNO/c15-12-7-5-11(6-8-12)13(16)14(18)17-9-3-1-2-4-10-17/h5-8,13H,1-4,9-10H2. The van der Waals surface area contributed by atoms with E-state index < -0.39 is 5.38 Å². The molecular weight excluding hydrogens is 314 g/mol. The first-order chi connectivity index (χ1) is 8.68. The Morgan fingerprint density at radius 2 is 1.67 bits per heavy atom. The molecule has 4 heteroatoms. The number of amides is 1. The highest BCUT2D eigenvalue weighted by Crippen LogP contribution is 2.25. The third-order valence-electron chi connectivity index (χ3n) is 3.30. The molecular formula is C14H17BrClNO. The van der Waals surface area contributed by atoms with Gasteiger partial charge in [0.25, 0.3) is 0 Å². The number of halogens is 2. The molecule has 1 amide bonds. The molecule has 1 saturated heterocycles. The Hall–Kier alpha value is -0.540. The van der Waals surface area contributed by atoms with Gasteiger partial charge >= 0.3 is 0 Å². The molecule has 1 aliphatic rings. The molecule has 1 unspecified atom stereocenters. The molecule has 2 rings (SSSR count). The summed E-state index contributed by atoms with van der Waals surface area (Å²) in [5, 5.41) is -0.559. The van der Waals surface area contributed by atoms with Crippen molar-refractivity contribution >= 4 is 33.4 Å². The maximum Gasteiger partial charge on any atom is 0.245 e. The van der Waals surface area contributed by atoms with E-state index in [1.807, 2.05) is 29.2 Å².